The standard InChI is InChI=1S/C22H28N2O3/c1-22(16-25,17-26)23-11-13-24-12-9-19-7-8-20(15-21(19)24)27-14-10-18-5-3-2-4-6-18/h2-9,12,15,23,25-26H,10-11,13-14,16-17H2,1H3. The molecule has 0 saturated carbocycles. The van der Waals surface area contributed by atoms with E-state index in [1.807, 2.05) is 24.3 Å². The van der Waals surface area contributed by atoms with Gasteiger partial charge in [-0.1, -0.05) is 30.3 Å². The van der Waals surface area contributed by atoms with Crippen LogP contribution in [0.4, 0.5) is 0 Å². The lowest BCUT2D eigenvalue weighted by molar-refractivity contribution is 0.104. The van der Waals surface area contributed by atoms with Crippen LogP contribution < -0.4 is 10.1 Å². The summed E-state index contributed by atoms with van der Waals surface area (Å²) >= 11 is 0. The molecule has 3 aromatic rings. The van der Waals surface area contributed by atoms with Gasteiger partial charge >= 0.3 is 0 Å². The highest BCUT2D eigenvalue weighted by Crippen LogP contribution is 2.22. The normalized spacial score (nSPS) is 11.8. The smallest absolute Gasteiger partial charge is 0.121 e. The number of benzene rings is 2. The molecule has 27 heavy (non-hydrogen) atoms. The average Bonchev–Trinajstić information content (AvgIpc) is 3.11. The molecule has 5 nitrogen and oxygen atoms in total. The molecule has 0 bridgehead atoms. The van der Waals surface area contributed by atoms with E-state index >= 15 is 0 Å². The second-order valence-corrected chi connectivity index (χ2v) is 7.12. The summed E-state index contributed by atoms with van der Waals surface area (Å²) in [6.07, 6.45) is 2.93. The van der Waals surface area contributed by atoms with Crippen LogP contribution >= 0.6 is 0 Å². The minimum atomic E-state index is -0.658. The summed E-state index contributed by atoms with van der Waals surface area (Å²) in [4.78, 5) is 0. The van der Waals surface area contributed by atoms with Crippen molar-refractivity contribution in [2.45, 2.75) is 25.4 Å². The molecule has 0 aliphatic heterocycles. The maximum Gasteiger partial charge on any atom is 0.121 e. The number of nitrogens with one attached hydrogen (secondary N) is 1. The lowest BCUT2D eigenvalue weighted by atomic mass is 10.1. The second kappa shape index (κ2) is 9.04. The van der Waals surface area contributed by atoms with Gasteiger partial charge < -0.3 is 24.8 Å². The topological polar surface area (TPSA) is 66.7 Å². The minimum absolute atomic E-state index is 0.102. The Kier molecular flexibility index (Phi) is 6.50. The lowest BCUT2D eigenvalue weighted by Crippen LogP contribution is -2.49. The minimum Gasteiger partial charge on any atom is -0.493 e. The molecule has 2 aromatic carbocycles. The third kappa shape index (κ3) is 5.10. The van der Waals surface area contributed by atoms with E-state index in [4.69, 9.17) is 4.74 Å². The summed E-state index contributed by atoms with van der Waals surface area (Å²) in [6.45, 7) is 3.64. The summed E-state index contributed by atoms with van der Waals surface area (Å²) in [5.74, 6) is 0.863. The molecule has 0 fully saturated rings. The summed E-state index contributed by atoms with van der Waals surface area (Å²) < 4.78 is 8.10. The number of aliphatic hydroxyl groups is 2. The molecular weight excluding hydrogens is 340 g/mol. The van der Waals surface area contributed by atoms with Crippen molar-refractivity contribution in [2.75, 3.05) is 26.4 Å². The molecule has 0 saturated heterocycles. The average molecular weight is 368 g/mol. The molecule has 0 aliphatic carbocycles. The van der Waals surface area contributed by atoms with Crippen molar-refractivity contribution in [3.63, 3.8) is 0 Å². The van der Waals surface area contributed by atoms with Crippen molar-refractivity contribution >= 4 is 10.9 Å². The van der Waals surface area contributed by atoms with Crippen LogP contribution in [-0.4, -0.2) is 46.7 Å². The summed E-state index contributed by atoms with van der Waals surface area (Å²) in [5.41, 5.74) is 1.72. The third-order valence-electron chi connectivity index (χ3n) is 4.85. The molecule has 0 spiro atoms. The molecule has 144 valence electrons. The van der Waals surface area contributed by atoms with Gasteiger partial charge in [0.05, 0.1) is 30.9 Å². The predicted octanol–water partition coefficient (Wildman–Crippen LogP) is 2.60. The van der Waals surface area contributed by atoms with E-state index in [0.29, 0.717) is 13.2 Å². The summed E-state index contributed by atoms with van der Waals surface area (Å²) in [7, 11) is 0. The van der Waals surface area contributed by atoms with Crippen molar-refractivity contribution in [1.29, 1.82) is 0 Å². The molecule has 0 amide bonds. The highest BCUT2D eigenvalue weighted by Gasteiger charge is 2.20. The van der Waals surface area contributed by atoms with E-state index in [1.54, 1.807) is 6.92 Å². The number of hydrogen-bond acceptors (Lipinski definition) is 4. The maximum absolute atomic E-state index is 9.37. The van der Waals surface area contributed by atoms with Crippen LogP contribution in [0.5, 0.6) is 5.75 Å². The molecule has 3 N–H and O–H groups in total. The molecule has 0 atom stereocenters. The SMILES string of the molecule is CC(CO)(CO)NCCn1ccc2ccc(OCCc3ccccc3)cc21. The van der Waals surface area contributed by atoms with E-state index < -0.39 is 5.54 Å². The quantitative estimate of drug-likeness (QED) is 0.515. The number of nitrogens with zero attached hydrogens (tertiary/aromatic N) is 1. The molecule has 3 rings (SSSR count). The number of aliphatic hydroxyl groups excluding tert-OH is 2. The fourth-order valence-electron chi connectivity index (χ4n) is 3.02. The molecule has 1 heterocycles. The zero-order valence-corrected chi connectivity index (χ0v) is 15.8. The Labute approximate surface area is 160 Å². The van der Waals surface area contributed by atoms with E-state index in [1.165, 1.54) is 5.56 Å². The van der Waals surface area contributed by atoms with E-state index in [0.717, 1.165) is 29.6 Å². The van der Waals surface area contributed by atoms with Crippen LogP contribution in [0.2, 0.25) is 0 Å². The first kappa shape index (κ1) is 19.4. The maximum atomic E-state index is 9.37. The number of ether oxygens (including phenoxy) is 1. The predicted molar refractivity (Wildman–Crippen MR) is 108 cm³/mol. The first-order chi connectivity index (χ1) is 13.1. The largest absolute Gasteiger partial charge is 0.493 e. The molecule has 0 aliphatic rings. The van der Waals surface area contributed by atoms with Crippen LogP contribution in [0.3, 0.4) is 0 Å². The zero-order chi connectivity index (χ0) is 19.1. The van der Waals surface area contributed by atoms with Gasteiger partial charge in [0, 0.05) is 31.8 Å². The van der Waals surface area contributed by atoms with Gasteiger partial charge in [0.1, 0.15) is 5.75 Å². The van der Waals surface area contributed by atoms with Gasteiger partial charge in [-0.15, -0.1) is 0 Å². The van der Waals surface area contributed by atoms with Gasteiger partial charge in [0.15, 0.2) is 0 Å². The number of aromatic nitrogens is 1. The fourth-order valence-corrected chi connectivity index (χ4v) is 3.02. The Bertz CT molecular complexity index is 841. The molecular formula is C22H28N2O3. The van der Waals surface area contributed by atoms with Crippen LogP contribution in [-0.2, 0) is 13.0 Å². The van der Waals surface area contributed by atoms with Crippen LogP contribution in [0.1, 0.15) is 12.5 Å². The first-order valence-electron chi connectivity index (χ1n) is 9.36. The van der Waals surface area contributed by atoms with Crippen molar-refractivity contribution < 1.29 is 14.9 Å². The molecule has 5 heteroatoms. The van der Waals surface area contributed by atoms with Crippen LogP contribution in [0, 0.1) is 0 Å². The van der Waals surface area contributed by atoms with Crippen molar-refractivity contribution in [2.24, 2.45) is 0 Å². The monoisotopic (exact) mass is 368 g/mol. The highest BCUT2D eigenvalue weighted by molar-refractivity contribution is 5.81. The Morgan fingerprint density at radius 3 is 2.56 bits per heavy atom. The second-order valence-electron chi connectivity index (χ2n) is 7.12. The Balaban J connectivity index is 1.60. The van der Waals surface area contributed by atoms with Crippen molar-refractivity contribution in [3.8, 4) is 5.75 Å². The van der Waals surface area contributed by atoms with Crippen LogP contribution in [0.25, 0.3) is 10.9 Å². The number of hydrogen-bond donors (Lipinski definition) is 3. The Morgan fingerprint density at radius 1 is 1.04 bits per heavy atom. The van der Waals surface area contributed by atoms with E-state index in [9.17, 15) is 10.2 Å². The zero-order valence-electron chi connectivity index (χ0n) is 15.8. The van der Waals surface area contributed by atoms with Gasteiger partial charge in [-0.05, 0) is 36.1 Å². The van der Waals surface area contributed by atoms with Gasteiger partial charge in [0.25, 0.3) is 0 Å². The van der Waals surface area contributed by atoms with Crippen LogP contribution in [0.15, 0.2) is 60.8 Å². The third-order valence-corrected chi connectivity index (χ3v) is 4.85. The van der Waals surface area contributed by atoms with Gasteiger partial charge in [0.2, 0.25) is 0 Å². The lowest BCUT2D eigenvalue weighted by Gasteiger charge is -2.26. The Morgan fingerprint density at radius 2 is 1.81 bits per heavy atom. The number of fused-ring (bicyclic) bond motifs is 1. The summed E-state index contributed by atoms with van der Waals surface area (Å²) in [5, 5.41) is 23.1. The van der Waals surface area contributed by atoms with Crippen molar-refractivity contribution in [3.05, 3.63) is 66.4 Å². The number of rotatable bonds is 10. The van der Waals surface area contributed by atoms with E-state index in [-0.39, 0.29) is 13.2 Å². The molecule has 0 radical (unpaired) electrons. The van der Waals surface area contributed by atoms with E-state index in [2.05, 4.69) is 46.4 Å². The van der Waals surface area contributed by atoms with Gasteiger partial charge in [-0.25, -0.2) is 0 Å². The fraction of sp³-hybridized carbons (Fsp3) is 0.364. The first-order valence-corrected chi connectivity index (χ1v) is 9.36. The van der Waals surface area contributed by atoms with Crippen molar-refractivity contribution in [1.82, 2.24) is 9.88 Å². The summed E-state index contributed by atoms with van der Waals surface area (Å²) in [6, 6.07) is 18.5. The Hall–Kier alpha value is -2.34. The van der Waals surface area contributed by atoms with Gasteiger partial charge in [-0.3, -0.25) is 0 Å². The molecule has 1 aromatic heterocycles. The van der Waals surface area contributed by atoms with Gasteiger partial charge in [-0.2, -0.15) is 0 Å². The molecule has 0 unspecified atom stereocenters. The highest BCUT2D eigenvalue weighted by atomic mass is 16.5.